The molecular weight excluding hydrogens is 234 g/mol. The van der Waals surface area contributed by atoms with Crippen LogP contribution in [-0.4, -0.2) is 9.55 Å². The summed E-state index contributed by atoms with van der Waals surface area (Å²) >= 11 is 0. The van der Waals surface area contributed by atoms with Crippen LogP contribution >= 0.6 is 0 Å². The molecule has 0 aliphatic carbocycles. The number of aryl methyl sites for hydroxylation is 1. The first-order valence-corrected chi connectivity index (χ1v) is 4.01. The van der Waals surface area contributed by atoms with Gasteiger partial charge in [-0.1, -0.05) is 13.1 Å². The topological polar surface area (TPSA) is 17.8 Å². The van der Waals surface area contributed by atoms with Crippen molar-refractivity contribution in [3.63, 3.8) is 0 Å². The third kappa shape index (κ3) is 2.43. The molecule has 1 aromatic rings. The minimum Gasteiger partial charge on any atom is -0.369 e. The van der Waals surface area contributed by atoms with Gasteiger partial charge in [-0.2, -0.15) is 18.1 Å². The fourth-order valence-electron chi connectivity index (χ4n) is 1.24. The van der Waals surface area contributed by atoms with Gasteiger partial charge in [-0.3, -0.25) is 4.98 Å². The molecule has 0 amide bonds. The number of allylic oxidation sites excluding steroid dienone is 2. The van der Waals surface area contributed by atoms with Gasteiger partial charge < -0.3 is 4.57 Å². The summed E-state index contributed by atoms with van der Waals surface area (Å²) in [6.45, 7) is 4.13. The predicted molar refractivity (Wildman–Crippen MR) is 50.2 cm³/mol. The van der Waals surface area contributed by atoms with E-state index in [4.69, 9.17) is 0 Å². The second-order valence-corrected chi connectivity index (χ2v) is 3.02. The van der Waals surface area contributed by atoms with Crippen LogP contribution in [0.15, 0.2) is 18.3 Å². The molecule has 0 spiro atoms. The normalized spacial score (nSPS) is 13.5. The van der Waals surface area contributed by atoms with Crippen LogP contribution in [0.25, 0.3) is 12.3 Å². The van der Waals surface area contributed by atoms with E-state index in [0.717, 1.165) is 5.82 Å². The van der Waals surface area contributed by atoms with Gasteiger partial charge in [0, 0.05) is 11.9 Å². The molecule has 0 bridgehead atoms. The van der Waals surface area contributed by atoms with Crippen LogP contribution in [0.2, 0.25) is 0 Å². The zero-order valence-corrected chi connectivity index (χ0v) is 13.2. The van der Waals surface area contributed by atoms with Crippen LogP contribution in [0.1, 0.15) is 18.4 Å². The van der Waals surface area contributed by atoms with Gasteiger partial charge in [0.1, 0.15) is 0 Å². The van der Waals surface area contributed by atoms with Crippen molar-refractivity contribution in [3.05, 3.63) is 35.8 Å². The van der Waals surface area contributed by atoms with Crippen molar-refractivity contribution in [1.29, 1.82) is 0 Å². The van der Waals surface area contributed by atoms with Crippen LogP contribution in [0.3, 0.4) is 0 Å². The molecule has 62 valence electrons. The Bertz CT molecular complexity index is 350. The maximum absolute atomic E-state index is 4.26. The Morgan fingerprint density at radius 1 is 1.38 bits per heavy atom. The van der Waals surface area contributed by atoms with Gasteiger partial charge in [-0.05, 0) is 6.92 Å². The van der Waals surface area contributed by atoms with E-state index in [9.17, 15) is 0 Å². The summed E-state index contributed by atoms with van der Waals surface area (Å²) < 4.78 is 2.08. The molecule has 0 aromatic carbocycles. The molecule has 2 heterocycles. The van der Waals surface area contributed by atoms with Crippen molar-refractivity contribution < 1.29 is 58.2 Å². The van der Waals surface area contributed by atoms with E-state index >= 15 is 0 Å². The van der Waals surface area contributed by atoms with Crippen LogP contribution in [0.5, 0.6) is 0 Å². The summed E-state index contributed by atoms with van der Waals surface area (Å²) in [5.74, 6) is 2.25. The summed E-state index contributed by atoms with van der Waals surface area (Å²) in [6.07, 6.45) is 10.1. The minimum atomic E-state index is 0. The number of hydrogen-bond donors (Lipinski definition) is 0. The molecule has 1 aliphatic rings. The second-order valence-electron chi connectivity index (χ2n) is 3.02. The third-order valence-corrected chi connectivity index (χ3v) is 1.99. The fourth-order valence-corrected chi connectivity index (χ4v) is 1.24. The summed E-state index contributed by atoms with van der Waals surface area (Å²) in [5, 5.41) is 0. The van der Waals surface area contributed by atoms with Gasteiger partial charge in [0.25, 0.3) is 0 Å². The molecule has 1 aliphatic heterocycles. The van der Waals surface area contributed by atoms with E-state index in [1.807, 2.05) is 18.5 Å². The van der Waals surface area contributed by atoms with Gasteiger partial charge in [0.05, 0.1) is 5.82 Å². The minimum absolute atomic E-state index is 0. The molecule has 1 aromatic heterocycles. The summed E-state index contributed by atoms with van der Waals surface area (Å²) in [6, 6.07) is 0. The molecule has 0 saturated carbocycles. The number of aromatic nitrogens is 2. The molecule has 13 heavy (non-hydrogen) atoms. The fraction of sp³-hybridized carbons (Fsp3) is 0.200. The van der Waals surface area contributed by atoms with Crippen molar-refractivity contribution in [3.8, 4) is 0 Å². The molecule has 3 heteroatoms. The number of imidazole rings is 1. The van der Waals surface area contributed by atoms with E-state index in [2.05, 4.69) is 35.6 Å². The maximum Gasteiger partial charge on any atom is 1.00 e. The maximum atomic E-state index is 4.26. The number of nitrogens with zero attached hydrogens (tertiary/aromatic N) is 2. The molecule has 0 saturated heterocycles. The van der Waals surface area contributed by atoms with E-state index in [1.54, 1.807) is 0 Å². The zero-order valence-electron chi connectivity index (χ0n) is 8.28. The number of rotatable bonds is 0. The SMILES string of the molecule is Cc1cnc2n1C=C[C-](C)C=C2.[Rb+]. The van der Waals surface area contributed by atoms with Crippen LogP contribution in [0.4, 0.5) is 0 Å². The largest absolute Gasteiger partial charge is 1.00 e. The third-order valence-electron chi connectivity index (χ3n) is 1.99. The summed E-state index contributed by atoms with van der Waals surface area (Å²) in [5.41, 5.74) is 1.17. The van der Waals surface area contributed by atoms with E-state index in [0.29, 0.717) is 0 Å². The Labute approximate surface area is 128 Å². The molecule has 0 fully saturated rings. The number of fused-ring (bicyclic) bond motifs is 1. The van der Waals surface area contributed by atoms with Crippen molar-refractivity contribution in [1.82, 2.24) is 9.55 Å². The number of hydrogen-bond acceptors (Lipinski definition) is 1. The molecule has 0 unspecified atom stereocenters. The van der Waals surface area contributed by atoms with Crippen molar-refractivity contribution >= 4 is 12.3 Å². The average molecular weight is 245 g/mol. The zero-order chi connectivity index (χ0) is 8.55. The monoisotopic (exact) mass is 244 g/mol. The van der Waals surface area contributed by atoms with Gasteiger partial charge >= 0.3 is 58.2 Å². The van der Waals surface area contributed by atoms with Gasteiger partial charge in [0.15, 0.2) is 0 Å². The van der Waals surface area contributed by atoms with Gasteiger partial charge in [0.2, 0.25) is 0 Å². The average Bonchev–Trinajstić information content (AvgIpc) is 2.28. The molecule has 0 atom stereocenters. The van der Waals surface area contributed by atoms with E-state index < -0.39 is 0 Å². The standard InChI is InChI=1S/C10H11N2.Rb/c1-8-3-4-10-11-7-9(2)12(10)6-5-8;/h3-7H,1-2H3;/q-1;+1. The first kappa shape index (κ1) is 11.4. The van der Waals surface area contributed by atoms with Crippen LogP contribution in [0, 0.1) is 12.8 Å². The molecular formula is C10H11N2Rb. The Hall–Kier alpha value is 0.365. The molecule has 2 nitrogen and oxygen atoms in total. The molecule has 2 rings (SSSR count). The van der Waals surface area contributed by atoms with E-state index in [-0.39, 0.29) is 58.2 Å². The first-order chi connectivity index (χ1) is 5.77. The Morgan fingerprint density at radius 3 is 2.92 bits per heavy atom. The quantitative estimate of drug-likeness (QED) is 0.552. The Morgan fingerprint density at radius 2 is 2.15 bits per heavy atom. The smallest absolute Gasteiger partial charge is 0.369 e. The Balaban J connectivity index is 0.000000845. The second kappa shape index (κ2) is 4.74. The summed E-state index contributed by atoms with van der Waals surface area (Å²) in [7, 11) is 0. The molecule has 0 radical (unpaired) electrons. The summed E-state index contributed by atoms with van der Waals surface area (Å²) in [4.78, 5) is 4.26. The van der Waals surface area contributed by atoms with Crippen molar-refractivity contribution in [2.75, 3.05) is 0 Å². The van der Waals surface area contributed by atoms with Crippen molar-refractivity contribution in [2.45, 2.75) is 13.8 Å². The van der Waals surface area contributed by atoms with Gasteiger partial charge in [-0.25, -0.2) is 0 Å². The van der Waals surface area contributed by atoms with Crippen LogP contribution in [-0.2, 0) is 0 Å². The predicted octanol–water partition coefficient (Wildman–Crippen LogP) is -0.713. The Kier molecular flexibility index (Phi) is 4.17. The van der Waals surface area contributed by atoms with Crippen molar-refractivity contribution in [2.24, 2.45) is 0 Å². The van der Waals surface area contributed by atoms with E-state index in [1.165, 1.54) is 11.6 Å². The van der Waals surface area contributed by atoms with Gasteiger partial charge in [-0.15, -0.1) is 6.08 Å². The molecule has 0 N–H and O–H groups in total. The first-order valence-electron chi connectivity index (χ1n) is 4.01. The van der Waals surface area contributed by atoms with Crippen LogP contribution < -0.4 is 58.2 Å².